The van der Waals surface area contributed by atoms with Crippen molar-refractivity contribution in [3.63, 3.8) is 0 Å². The maximum absolute atomic E-state index is 12.5. The lowest BCUT2D eigenvalue weighted by Crippen LogP contribution is -2.93. The molecule has 2 aromatic carbocycles. The number of aromatic nitrogens is 1. The third-order valence-corrected chi connectivity index (χ3v) is 4.77. The van der Waals surface area contributed by atoms with Crippen molar-refractivity contribution in [1.82, 2.24) is 10.4 Å². The van der Waals surface area contributed by atoms with Crippen molar-refractivity contribution in [2.24, 2.45) is 5.10 Å². The first-order valence-corrected chi connectivity index (χ1v) is 8.63. The minimum atomic E-state index is -0.172. The van der Waals surface area contributed by atoms with E-state index in [1.165, 1.54) is 16.6 Å². The number of nitrogens with zero attached hydrogens (tertiary/aromatic N) is 1. The highest BCUT2D eigenvalue weighted by molar-refractivity contribution is 5.88. The number of carbonyl (C=O) groups is 1. The van der Waals surface area contributed by atoms with E-state index in [2.05, 4.69) is 33.0 Å². The van der Waals surface area contributed by atoms with E-state index >= 15 is 0 Å². The van der Waals surface area contributed by atoms with Crippen LogP contribution in [-0.4, -0.2) is 30.3 Å². The highest BCUT2D eigenvalue weighted by Gasteiger charge is 2.30. The van der Waals surface area contributed by atoms with Crippen LogP contribution in [0.1, 0.15) is 16.8 Å². The van der Waals surface area contributed by atoms with Crippen LogP contribution in [0.4, 0.5) is 0 Å². The van der Waals surface area contributed by atoms with Gasteiger partial charge in [0.1, 0.15) is 12.3 Å². The van der Waals surface area contributed by atoms with Crippen LogP contribution in [0.15, 0.2) is 53.6 Å². The molecule has 0 radical (unpaired) electrons. The van der Waals surface area contributed by atoms with Gasteiger partial charge < -0.3 is 15.0 Å². The van der Waals surface area contributed by atoms with E-state index in [4.69, 9.17) is 4.74 Å². The predicted octanol–water partition coefficient (Wildman–Crippen LogP) is 1.31. The number of amides is 1. The molecule has 6 nitrogen and oxygen atoms in total. The van der Waals surface area contributed by atoms with Gasteiger partial charge in [-0.3, -0.25) is 4.79 Å². The molecule has 0 fully saturated rings. The molecule has 0 saturated carbocycles. The molecule has 1 atom stereocenters. The smallest absolute Gasteiger partial charge is 0.298 e. The summed E-state index contributed by atoms with van der Waals surface area (Å²) in [5.41, 5.74) is 7.13. The molecule has 1 aromatic heterocycles. The summed E-state index contributed by atoms with van der Waals surface area (Å²) in [5, 5.41) is 7.34. The molecular formula is C20H21N4O2+. The van der Waals surface area contributed by atoms with E-state index in [-0.39, 0.29) is 11.9 Å². The minimum absolute atomic E-state index is 0.0781. The third kappa shape index (κ3) is 3.19. The second kappa shape index (κ2) is 7.01. The highest BCUT2D eigenvalue weighted by atomic mass is 16.5. The lowest BCUT2D eigenvalue weighted by Gasteiger charge is -2.19. The number of aromatic amines is 1. The number of benzene rings is 2. The van der Waals surface area contributed by atoms with Gasteiger partial charge in [-0.15, -0.1) is 0 Å². The first-order valence-electron chi connectivity index (χ1n) is 8.63. The highest BCUT2D eigenvalue weighted by Crippen LogP contribution is 2.24. The SMILES string of the molecule is COc1ccc(/C=N\NC(=O)[C@H]2Cc3c([nH]c4ccccc34)C[NH2+]2)cc1. The summed E-state index contributed by atoms with van der Waals surface area (Å²) in [5.74, 6) is 0.711. The van der Waals surface area contributed by atoms with Gasteiger partial charge in [0.05, 0.1) is 19.0 Å². The third-order valence-electron chi connectivity index (χ3n) is 4.77. The lowest BCUT2D eigenvalue weighted by molar-refractivity contribution is -0.695. The average Bonchev–Trinajstić information content (AvgIpc) is 3.06. The van der Waals surface area contributed by atoms with Crippen LogP contribution in [0.25, 0.3) is 10.9 Å². The number of fused-ring (bicyclic) bond motifs is 3. The first kappa shape index (κ1) is 16.4. The van der Waals surface area contributed by atoms with Crippen molar-refractivity contribution in [3.05, 3.63) is 65.4 Å². The van der Waals surface area contributed by atoms with Gasteiger partial charge in [-0.05, 0) is 41.5 Å². The lowest BCUT2D eigenvalue weighted by atomic mass is 9.98. The summed E-state index contributed by atoms with van der Waals surface area (Å²) in [6.45, 7) is 0.768. The van der Waals surface area contributed by atoms with Gasteiger partial charge in [-0.25, -0.2) is 5.43 Å². The molecule has 1 amide bonds. The zero-order valence-corrected chi connectivity index (χ0v) is 14.5. The van der Waals surface area contributed by atoms with Crippen LogP contribution in [0, 0.1) is 0 Å². The molecule has 1 aliphatic heterocycles. The molecule has 2 heterocycles. The average molecular weight is 349 g/mol. The van der Waals surface area contributed by atoms with E-state index in [0.29, 0.717) is 6.42 Å². The molecule has 26 heavy (non-hydrogen) atoms. The molecule has 0 aliphatic carbocycles. The molecule has 0 unspecified atom stereocenters. The topological polar surface area (TPSA) is 83.1 Å². The quantitative estimate of drug-likeness (QED) is 0.490. The Morgan fingerprint density at radius 1 is 1.27 bits per heavy atom. The van der Waals surface area contributed by atoms with Gasteiger partial charge in [-0.2, -0.15) is 5.10 Å². The standard InChI is InChI=1S/C20H20N4O2/c1-26-14-8-6-13(7-9-14)11-22-24-20(25)18-10-16-15-4-2-3-5-17(15)23-19(16)12-21-18/h2-9,11,18,21,23H,10,12H2,1H3,(H,24,25)/p+1/b22-11-/t18-/m1/s1. The fraction of sp³-hybridized carbons (Fsp3) is 0.200. The Hall–Kier alpha value is -3.12. The number of hydrazone groups is 1. The van der Waals surface area contributed by atoms with Crippen molar-refractivity contribution in [3.8, 4) is 5.75 Å². The molecule has 6 heteroatoms. The summed E-state index contributed by atoms with van der Waals surface area (Å²) in [6.07, 6.45) is 2.33. The minimum Gasteiger partial charge on any atom is -0.497 e. The first-order chi connectivity index (χ1) is 12.7. The van der Waals surface area contributed by atoms with E-state index in [9.17, 15) is 4.79 Å². The Balaban J connectivity index is 1.41. The fourth-order valence-electron chi connectivity index (χ4n) is 3.37. The van der Waals surface area contributed by atoms with Crippen LogP contribution < -0.4 is 15.5 Å². The Labute approximate surface area is 151 Å². The number of nitrogens with one attached hydrogen (secondary N) is 2. The largest absolute Gasteiger partial charge is 0.497 e. The van der Waals surface area contributed by atoms with Gasteiger partial charge in [-0.1, -0.05) is 18.2 Å². The van der Waals surface area contributed by atoms with E-state index < -0.39 is 0 Å². The summed E-state index contributed by atoms with van der Waals surface area (Å²) >= 11 is 0. The Morgan fingerprint density at radius 2 is 2.08 bits per heavy atom. The number of rotatable bonds is 4. The molecule has 4 N–H and O–H groups in total. The number of hydrogen-bond donors (Lipinski definition) is 3. The predicted molar refractivity (Wildman–Crippen MR) is 100 cm³/mol. The Morgan fingerprint density at radius 3 is 2.88 bits per heavy atom. The number of ether oxygens (including phenoxy) is 1. The summed E-state index contributed by atoms with van der Waals surface area (Å²) < 4.78 is 5.12. The van der Waals surface area contributed by atoms with Crippen LogP contribution in [0.3, 0.4) is 0 Å². The molecule has 0 spiro atoms. The van der Waals surface area contributed by atoms with Gasteiger partial charge in [0, 0.05) is 17.3 Å². The number of methoxy groups -OCH3 is 1. The summed E-state index contributed by atoms with van der Waals surface area (Å²) in [7, 11) is 1.63. The maximum atomic E-state index is 12.5. The van der Waals surface area contributed by atoms with Gasteiger partial charge in [0.25, 0.3) is 5.91 Å². The van der Waals surface area contributed by atoms with Gasteiger partial charge >= 0.3 is 0 Å². The normalized spacial score (nSPS) is 16.6. The van der Waals surface area contributed by atoms with Gasteiger partial charge in [0.15, 0.2) is 6.04 Å². The molecule has 132 valence electrons. The fourth-order valence-corrected chi connectivity index (χ4v) is 3.37. The van der Waals surface area contributed by atoms with Crippen molar-refractivity contribution in [2.45, 2.75) is 19.0 Å². The van der Waals surface area contributed by atoms with Crippen LogP contribution in [-0.2, 0) is 17.8 Å². The van der Waals surface area contributed by atoms with Gasteiger partial charge in [0.2, 0.25) is 0 Å². The second-order valence-electron chi connectivity index (χ2n) is 6.39. The Kier molecular flexibility index (Phi) is 4.41. The monoisotopic (exact) mass is 349 g/mol. The van der Waals surface area contributed by atoms with E-state index in [1.807, 2.05) is 36.4 Å². The molecule has 0 bridgehead atoms. The summed E-state index contributed by atoms with van der Waals surface area (Å²) in [4.78, 5) is 15.9. The number of nitrogens with two attached hydrogens (primary N) is 1. The number of quaternary nitrogens is 1. The van der Waals surface area contributed by atoms with Crippen LogP contribution in [0.5, 0.6) is 5.75 Å². The Bertz CT molecular complexity index is 960. The maximum Gasteiger partial charge on any atom is 0.298 e. The summed E-state index contributed by atoms with van der Waals surface area (Å²) in [6, 6.07) is 15.5. The van der Waals surface area contributed by atoms with Crippen molar-refractivity contribution in [1.29, 1.82) is 0 Å². The number of para-hydroxylation sites is 1. The zero-order chi connectivity index (χ0) is 17.9. The van der Waals surface area contributed by atoms with Crippen molar-refractivity contribution in [2.75, 3.05) is 7.11 Å². The zero-order valence-electron chi connectivity index (χ0n) is 14.5. The molecule has 0 saturated heterocycles. The van der Waals surface area contributed by atoms with Crippen LogP contribution in [0.2, 0.25) is 0 Å². The van der Waals surface area contributed by atoms with E-state index in [0.717, 1.165) is 23.4 Å². The van der Waals surface area contributed by atoms with Crippen molar-refractivity contribution >= 4 is 23.0 Å². The molecule has 4 rings (SSSR count). The molecular weight excluding hydrogens is 328 g/mol. The van der Waals surface area contributed by atoms with E-state index in [1.54, 1.807) is 13.3 Å². The number of carbonyl (C=O) groups excluding carboxylic acids is 1. The molecule has 1 aliphatic rings. The number of H-pyrrole nitrogens is 1. The van der Waals surface area contributed by atoms with Crippen LogP contribution >= 0.6 is 0 Å². The second-order valence-corrected chi connectivity index (χ2v) is 6.39. The molecule has 3 aromatic rings. The van der Waals surface area contributed by atoms with Crippen molar-refractivity contribution < 1.29 is 14.8 Å². The number of hydrogen-bond acceptors (Lipinski definition) is 3.